The van der Waals surface area contributed by atoms with Crippen molar-refractivity contribution in [1.29, 1.82) is 0 Å². The van der Waals surface area contributed by atoms with E-state index in [2.05, 4.69) is 31.2 Å². The fraction of sp³-hybridized carbons (Fsp3) is 0.667. The highest BCUT2D eigenvalue weighted by Crippen LogP contribution is 2.12. The fourth-order valence-corrected chi connectivity index (χ4v) is 2.46. The molecule has 0 saturated carbocycles. The van der Waals surface area contributed by atoms with Crippen LogP contribution in [0.25, 0.3) is 0 Å². The summed E-state index contributed by atoms with van der Waals surface area (Å²) in [6.07, 6.45) is 12.0. The third-order valence-electron chi connectivity index (χ3n) is 3.75. The first-order valence-corrected chi connectivity index (χ1v) is 8.05. The molecule has 0 amide bonds. The molecule has 0 aliphatic heterocycles. The van der Waals surface area contributed by atoms with Crippen LogP contribution in [0.3, 0.4) is 0 Å². The minimum atomic E-state index is -0.115. The molecule has 0 aromatic heterocycles. The highest BCUT2D eigenvalue weighted by atomic mass is 16.3. The van der Waals surface area contributed by atoms with E-state index < -0.39 is 0 Å². The molecule has 1 aromatic rings. The Balaban J connectivity index is 1.95. The largest absolute Gasteiger partial charge is 0.393 e. The summed E-state index contributed by atoms with van der Waals surface area (Å²) in [5.74, 6) is 0. The van der Waals surface area contributed by atoms with Crippen LogP contribution >= 0.6 is 0 Å². The van der Waals surface area contributed by atoms with Gasteiger partial charge in [0.1, 0.15) is 0 Å². The number of aliphatic hydroxyl groups is 1. The molecule has 0 radical (unpaired) electrons. The minimum absolute atomic E-state index is 0.115. The number of hydrogen-bond donors (Lipinski definition) is 1. The molecule has 1 unspecified atom stereocenters. The molecule has 1 nitrogen and oxygen atoms in total. The van der Waals surface area contributed by atoms with Crippen LogP contribution in [-0.2, 0) is 6.42 Å². The SMILES string of the molecule is CCCCCCCCCC(O)CCc1ccccc1. The lowest BCUT2D eigenvalue weighted by Gasteiger charge is -2.10. The van der Waals surface area contributed by atoms with E-state index in [9.17, 15) is 5.11 Å². The zero-order chi connectivity index (χ0) is 13.8. The predicted molar refractivity (Wildman–Crippen MR) is 83.4 cm³/mol. The van der Waals surface area contributed by atoms with Gasteiger partial charge in [0, 0.05) is 0 Å². The lowest BCUT2D eigenvalue weighted by Crippen LogP contribution is -2.07. The van der Waals surface area contributed by atoms with Crippen LogP contribution in [0.4, 0.5) is 0 Å². The zero-order valence-electron chi connectivity index (χ0n) is 12.5. The molecule has 0 heterocycles. The zero-order valence-corrected chi connectivity index (χ0v) is 12.5. The van der Waals surface area contributed by atoms with Crippen molar-refractivity contribution in [2.45, 2.75) is 77.2 Å². The monoisotopic (exact) mass is 262 g/mol. The van der Waals surface area contributed by atoms with Gasteiger partial charge in [-0.05, 0) is 24.8 Å². The molecule has 1 atom stereocenters. The molecule has 1 rings (SSSR count). The third-order valence-corrected chi connectivity index (χ3v) is 3.75. The Labute approximate surface area is 119 Å². The molecule has 0 spiro atoms. The molecular weight excluding hydrogens is 232 g/mol. The summed E-state index contributed by atoms with van der Waals surface area (Å²) in [5.41, 5.74) is 1.33. The number of unbranched alkanes of at least 4 members (excludes halogenated alkanes) is 6. The van der Waals surface area contributed by atoms with Crippen molar-refractivity contribution in [2.24, 2.45) is 0 Å². The molecule has 0 aliphatic carbocycles. The topological polar surface area (TPSA) is 20.2 Å². The lowest BCUT2D eigenvalue weighted by atomic mass is 10.0. The molecule has 0 bridgehead atoms. The molecular formula is C18H30O. The van der Waals surface area contributed by atoms with Gasteiger partial charge in [-0.2, -0.15) is 0 Å². The van der Waals surface area contributed by atoms with Gasteiger partial charge in [0.15, 0.2) is 0 Å². The van der Waals surface area contributed by atoms with Crippen LogP contribution in [0.15, 0.2) is 30.3 Å². The standard InChI is InChI=1S/C18H30O/c1-2-3-4-5-6-7-11-14-18(19)16-15-17-12-9-8-10-13-17/h8-10,12-13,18-19H,2-7,11,14-16H2,1H3. The van der Waals surface area contributed by atoms with E-state index in [-0.39, 0.29) is 6.10 Å². The van der Waals surface area contributed by atoms with E-state index >= 15 is 0 Å². The second-order valence-electron chi connectivity index (χ2n) is 5.59. The summed E-state index contributed by atoms with van der Waals surface area (Å²) in [6, 6.07) is 10.5. The highest BCUT2D eigenvalue weighted by Gasteiger charge is 2.04. The summed E-state index contributed by atoms with van der Waals surface area (Å²) in [6.45, 7) is 2.25. The Hall–Kier alpha value is -0.820. The van der Waals surface area contributed by atoms with Crippen LogP contribution < -0.4 is 0 Å². The Kier molecular flexibility index (Phi) is 9.44. The van der Waals surface area contributed by atoms with E-state index in [0.717, 1.165) is 19.3 Å². The molecule has 0 aliphatic rings. The van der Waals surface area contributed by atoms with Gasteiger partial charge < -0.3 is 5.11 Å². The first-order chi connectivity index (χ1) is 9.33. The number of aliphatic hydroxyl groups excluding tert-OH is 1. The van der Waals surface area contributed by atoms with Gasteiger partial charge >= 0.3 is 0 Å². The summed E-state index contributed by atoms with van der Waals surface area (Å²) in [7, 11) is 0. The molecule has 108 valence electrons. The summed E-state index contributed by atoms with van der Waals surface area (Å²) in [5, 5.41) is 9.95. The Bertz CT molecular complexity index is 294. The highest BCUT2D eigenvalue weighted by molar-refractivity contribution is 5.14. The van der Waals surface area contributed by atoms with E-state index in [1.54, 1.807) is 0 Å². The van der Waals surface area contributed by atoms with E-state index in [1.807, 2.05) is 6.07 Å². The van der Waals surface area contributed by atoms with E-state index in [1.165, 1.54) is 50.5 Å². The molecule has 19 heavy (non-hydrogen) atoms. The lowest BCUT2D eigenvalue weighted by molar-refractivity contribution is 0.151. The number of hydrogen-bond acceptors (Lipinski definition) is 1. The molecule has 1 N–H and O–H groups in total. The van der Waals surface area contributed by atoms with Gasteiger partial charge in [0.25, 0.3) is 0 Å². The van der Waals surface area contributed by atoms with Crippen molar-refractivity contribution in [1.82, 2.24) is 0 Å². The molecule has 0 saturated heterocycles. The van der Waals surface area contributed by atoms with Gasteiger partial charge in [-0.15, -0.1) is 0 Å². The Morgan fingerprint density at radius 2 is 1.47 bits per heavy atom. The molecule has 1 aromatic carbocycles. The third kappa shape index (κ3) is 8.83. The van der Waals surface area contributed by atoms with Gasteiger partial charge in [-0.3, -0.25) is 0 Å². The second-order valence-corrected chi connectivity index (χ2v) is 5.59. The van der Waals surface area contributed by atoms with E-state index in [0.29, 0.717) is 0 Å². The van der Waals surface area contributed by atoms with E-state index in [4.69, 9.17) is 0 Å². The van der Waals surface area contributed by atoms with Crippen molar-refractivity contribution < 1.29 is 5.11 Å². The molecule has 0 fully saturated rings. The minimum Gasteiger partial charge on any atom is -0.393 e. The van der Waals surface area contributed by atoms with Crippen LogP contribution in [0, 0.1) is 0 Å². The Morgan fingerprint density at radius 1 is 0.842 bits per heavy atom. The molecule has 1 heteroatoms. The maximum Gasteiger partial charge on any atom is 0.0543 e. The van der Waals surface area contributed by atoms with Crippen molar-refractivity contribution in [3.05, 3.63) is 35.9 Å². The quantitative estimate of drug-likeness (QED) is 0.549. The summed E-state index contributed by atoms with van der Waals surface area (Å²) in [4.78, 5) is 0. The number of rotatable bonds is 11. The van der Waals surface area contributed by atoms with Crippen LogP contribution in [-0.4, -0.2) is 11.2 Å². The van der Waals surface area contributed by atoms with Crippen molar-refractivity contribution in [3.8, 4) is 0 Å². The van der Waals surface area contributed by atoms with Crippen molar-refractivity contribution in [2.75, 3.05) is 0 Å². The van der Waals surface area contributed by atoms with Crippen LogP contribution in [0.2, 0.25) is 0 Å². The first-order valence-electron chi connectivity index (χ1n) is 8.05. The van der Waals surface area contributed by atoms with Crippen molar-refractivity contribution >= 4 is 0 Å². The normalized spacial score (nSPS) is 12.5. The second kappa shape index (κ2) is 11.0. The summed E-state index contributed by atoms with van der Waals surface area (Å²) >= 11 is 0. The average Bonchev–Trinajstić information content (AvgIpc) is 2.45. The summed E-state index contributed by atoms with van der Waals surface area (Å²) < 4.78 is 0. The number of benzene rings is 1. The average molecular weight is 262 g/mol. The van der Waals surface area contributed by atoms with Gasteiger partial charge in [0.05, 0.1) is 6.10 Å². The van der Waals surface area contributed by atoms with Crippen LogP contribution in [0.1, 0.15) is 70.3 Å². The Morgan fingerprint density at radius 3 is 2.16 bits per heavy atom. The first kappa shape index (κ1) is 16.2. The van der Waals surface area contributed by atoms with Gasteiger partial charge in [-0.1, -0.05) is 82.2 Å². The van der Waals surface area contributed by atoms with Crippen LogP contribution in [0.5, 0.6) is 0 Å². The van der Waals surface area contributed by atoms with Gasteiger partial charge in [0.2, 0.25) is 0 Å². The number of aryl methyl sites for hydroxylation is 1. The fourth-order valence-electron chi connectivity index (χ4n) is 2.46. The van der Waals surface area contributed by atoms with Crippen molar-refractivity contribution in [3.63, 3.8) is 0 Å². The smallest absolute Gasteiger partial charge is 0.0543 e. The maximum atomic E-state index is 9.95. The maximum absolute atomic E-state index is 9.95. The van der Waals surface area contributed by atoms with Gasteiger partial charge in [-0.25, -0.2) is 0 Å². The predicted octanol–water partition coefficient (Wildman–Crippen LogP) is 5.12.